The number of allylic oxidation sites excluding steroid dienone is 1. The molecule has 0 saturated heterocycles. The van der Waals surface area contributed by atoms with E-state index in [0.29, 0.717) is 5.92 Å². The van der Waals surface area contributed by atoms with Crippen molar-refractivity contribution in [3.05, 3.63) is 12.7 Å². The smallest absolute Gasteiger partial charge is 0.303 e. The summed E-state index contributed by atoms with van der Waals surface area (Å²) in [6.07, 6.45) is 4.89. The van der Waals surface area contributed by atoms with Gasteiger partial charge in [0.15, 0.2) is 0 Å². The fourth-order valence-electron chi connectivity index (χ4n) is 1.05. The molecule has 1 unspecified atom stereocenters. The fraction of sp³-hybridized carbons (Fsp3) is 0.667. The SMILES string of the molecule is C=CCC(CC)CCC(=O)O. The first-order valence-corrected chi connectivity index (χ1v) is 4.03. The van der Waals surface area contributed by atoms with Crippen molar-refractivity contribution in [3.63, 3.8) is 0 Å². The molecule has 0 aliphatic rings. The molecular weight excluding hydrogens is 140 g/mol. The monoisotopic (exact) mass is 156 g/mol. The first-order valence-electron chi connectivity index (χ1n) is 4.03. The molecule has 0 saturated carbocycles. The molecule has 0 radical (unpaired) electrons. The van der Waals surface area contributed by atoms with Crippen LogP contribution in [0.3, 0.4) is 0 Å². The zero-order valence-corrected chi connectivity index (χ0v) is 7.05. The Hall–Kier alpha value is -0.790. The van der Waals surface area contributed by atoms with Crippen LogP contribution >= 0.6 is 0 Å². The van der Waals surface area contributed by atoms with Crippen molar-refractivity contribution >= 4 is 5.97 Å². The number of carbonyl (C=O) groups is 1. The molecule has 0 aliphatic carbocycles. The van der Waals surface area contributed by atoms with E-state index in [4.69, 9.17) is 5.11 Å². The highest BCUT2D eigenvalue weighted by Gasteiger charge is 2.06. The van der Waals surface area contributed by atoms with Crippen molar-refractivity contribution in [2.45, 2.75) is 32.6 Å². The summed E-state index contributed by atoms with van der Waals surface area (Å²) in [6.45, 7) is 5.71. The number of carboxylic acids is 1. The van der Waals surface area contributed by atoms with Crippen molar-refractivity contribution in [2.75, 3.05) is 0 Å². The lowest BCUT2D eigenvalue weighted by Crippen LogP contribution is -2.02. The summed E-state index contributed by atoms with van der Waals surface area (Å²) in [6, 6.07) is 0. The summed E-state index contributed by atoms with van der Waals surface area (Å²) in [5.41, 5.74) is 0. The Morgan fingerprint density at radius 2 is 2.36 bits per heavy atom. The van der Waals surface area contributed by atoms with Crippen molar-refractivity contribution in [2.24, 2.45) is 5.92 Å². The van der Waals surface area contributed by atoms with Gasteiger partial charge < -0.3 is 5.11 Å². The van der Waals surface area contributed by atoms with E-state index in [1.165, 1.54) is 0 Å². The molecule has 0 spiro atoms. The van der Waals surface area contributed by atoms with Crippen LogP contribution in [-0.2, 0) is 4.79 Å². The van der Waals surface area contributed by atoms with Crippen LogP contribution in [0, 0.1) is 5.92 Å². The third kappa shape index (κ3) is 5.64. The molecule has 0 rings (SSSR count). The van der Waals surface area contributed by atoms with Gasteiger partial charge in [-0.15, -0.1) is 6.58 Å². The van der Waals surface area contributed by atoms with Crippen molar-refractivity contribution < 1.29 is 9.90 Å². The first-order chi connectivity index (χ1) is 5.20. The normalized spacial score (nSPS) is 12.5. The molecule has 11 heavy (non-hydrogen) atoms. The summed E-state index contributed by atoms with van der Waals surface area (Å²) in [7, 11) is 0. The second-order valence-corrected chi connectivity index (χ2v) is 2.73. The van der Waals surface area contributed by atoms with Crippen LogP contribution in [0.5, 0.6) is 0 Å². The standard InChI is InChI=1S/C9H16O2/c1-3-5-8(4-2)6-7-9(10)11/h3,8H,1,4-7H2,2H3,(H,10,11). The van der Waals surface area contributed by atoms with Gasteiger partial charge in [0.2, 0.25) is 0 Å². The number of carboxylic acid groups (broad SMARTS) is 1. The van der Waals surface area contributed by atoms with Crippen LogP contribution in [0.1, 0.15) is 32.6 Å². The zero-order valence-electron chi connectivity index (χ0n) is 7.05. The Morgan fingerprint density at radius 1 is 1.73 bits per heavy atom. The van der Waals surface area contributed by atoms with E-state index in [-0.39, 0.29) is 6.42 Å². The van der Waals surface area contributed by atoms with Gasteiger partial charge in [0.25, 0.3) is 0 Å². The molecule has 1 N–H and O–H groups in total. The van der Waals surface area contributed by atoms with Gasteiger partial charge in [-0.3, -0.25) is 4.79 Å². The largest absolute Gasteiger partial charge is 0.481 e. The highest BCUT2D eigenvalue weighted by Crippen LogP contribution is 2.15. The summed E-state index contributed by atoms with van der Waals surface area (Å²) in [5.74, 6) is -0.198. The van der Waals surface area contributed by atoms with E-state index in [0.717, 1.165) is 19.3 Å². The van der Waals surface area contributed by atoms with Crippen LogP contribution < -0.4 is 0 Å². The van der Waals surface area contributed by atoms with E-state index >= 15 is 0 Å². The second kappa shape index (κ2) is 5.96. The lowest BCUT2D eigenvalue weighted by molar-refractivity contribution is -0.137. The summed E-state index contributed by atoms with van der Waals surface area (Å²) in [4.78, 5) is 10.2. The van der Waals surface area contributed by atoms with Gasteiger partial charge in [-0.25, -0.2) is 0 Å². The second-order valence-electron chi connectivity index (χ2n) is 2.73. The van der Waals surface area contributed by atoms with E-state index < -0.39 is 5.97 Å². The quantitative estimate of drug-likeness (QED) is 0.600. The maximum absolute atomic E-state index is 10.2. The molecule has 0 aromatic rings. The van der Waals surface area contributed by atoms with E-state index in [1.807, 2.05) is 6.08 Å². The summed E-state index contributed by atoms with van der Waals surface area (Å²) < 4.78 is 0. The number of rotatable bonds is 6. The Kier molecular flexibility index (Phi) is 5.53. The number of aliphatic carboxylic acids is 1. The van der Waals surface area contributed by atoms with Crippen molar-refractivity contribution in [3.8, 4) is 0 Å². The van der Waals surface area contributed by atoms with Gasteiger partial charge in [0, 0.05) is 6.42 Å². The fourth-order valence-corrected chi connectivity index (χ4v) is 1.05. The molecule has 0 amide bonds. The molecule has 1 atom stereocenters. The molecule has 0 heterocycles. The van der Waals surface area contributed by atoms with Crippen LogP contribution in [0.25, 0.3) is 0 Å². The zero-order chi connectivity index (χ0) is 8.69. The summed E-state index contributed by atoms with van der Waals surface area (Å²) >= 11 is 0. The molecule has 0 fully saturated rings. The third-order valence-electron chi connectivity index (χ3n) is 1.84. The van der Waals surface area contributed by atoms with E-state index in [1.54, 1.807) is 0 Å². The Morgan fingerprint density at radius 3 is 2.73 bits per heavy atom. The molecule has 64 valence electrons. The van der Waals surface area contributed by atoms with Gasteiger partial charge in [-0.1, -0.05) is 19.4 Å². The van der Waals surface area contributed by atoms with Crippen LogP contribution in [0.15, 0.2) is 12.7 Å². The van der Waals surface area contributed by atoms with Gasteiger partial charge >= 0.3 is 5.97 Å². The Bertz CT molecular complexity index is 130. The Labute approximate surface area is 67.9 Å². The lowest BCUT2D eigenvalue weighted by Gasteiger charge is -2.09. The molecular formula is C9H16O2. The maximum atomic E-state index is 10.2. The minimum atomic E-state index is -0.701. The minimum Gasteiger partial charge on any atom is -0.481 e. The van der Waals surface area contributed by atoms with E-state index in [9.17, 15) is 4.79 Å². The molecule has 2 heteroatoms. The minimum absolute atomic E-state index is 0.284. The topological polar surface area (TPSA) is 37.3 Å². The molecule has 0 aromatic carbocycles. The van der Waals surface area contributed by atoms with Crippen LogP contribution in [0.4, 0.5) is 0 Å². The van der Waals surface area contributed by atoms with Gasteiger partial charge in [0.05, 0.1) is 0 Å². The Balaban J connectivity index is 3.51. The maximum Gasteiger partial charge on any atom is 0.303 e. The highest BCUT2D eigenvalue weighted by atomic mass is 16.4. The van der Waals surface area contributed by atoms with Crippen molar-refractivity contribution in [1.29, 1.82) is 0 Å². The highest BCUT2D eigenvalue weighted by molar-refractivity contribution is 5.66. The van der Waals surface area contributed by atoms with Crippen LogP contribution in [0.2, 0.25) is 0 Å². The average Bonchev–Trinajstić information content (AvgIpc) is 1.97. The molecule has 2 nitrogen and oxygen atoms in total. The number of hydrogen-bond donors (Lipinski definition) is 1. The average molecular weight is 156 g/mol. The van der Waals surface area contributed by atoms with E-state index in [2.05, 4.69) is 13.5 Å². The molecule has 0 aliphatic heterocycles. The van der Waals surface area contributed by atoms with Gasteiger partial charge in [-0.05, 0) is 18.8 Å². The first kappa shape index (κ1) is 10.2. The molecule has 0 bridgehead atoms. The lowest BCUT2D eigenvalue weighted by atomic mass is 9.97. The van der Waals surface area contributed by atoms with Gasteiger partial charge in [0.1, 0.15) is 0 Å². The predicted octanol–water partition coefficient (Wildman–Crippen LogP) is 2.45. The van der Waals surface area contributed by atoms with Crippen molar-refractivity contribution in [1.82, 2.24) is 0 Å². The van der Waals surface area contributed by atoms with Gasteiger partial charge in [-0.2, -0.15) is 0 Å². The van der Waals surface area contributed by atoms with Crippen LogP contribution in [-0.4, -0.2) is 11.1 Å². The number of hydrogen-bond acceptors (Lipinski definition) is 1. The summed E-state index contributed by atoms with van der Waals surface area (Å²) in [5, 5.41) is 8.40. The molecule has 0 aromatic heterocycles. The third-order valence-corrected chi connectivity index (χ3v) is 1.84. The predicted molar refractivity (Wildman–Crippen MR) is 45.5 cm³/mol.